The van der Waals surface area contributed by atoms with Gasteiger partial charge in [0.15, 0.2) is 0 Å². The van der Waals surface area contributed by atoms with Gasteiger partial charge in [-0.25, -0.2) is 8.42 Å². The van der Waals surface area contributed by atoms with E-state index in [-0.39, 0.29) is 18.2 Å². The Balaban J connectivity index is 0. The molecular formula is C50H105NO4S. The fourth-order valence-corrected chi connectivity index (χ4v) is 9.27. The Labute approximate surface area is 354 Å². The molecule has 56 heavy (non-hydrogen) atoms. The smallest absolute Gasteiger partial charge is 0.217 e. The average Bonchev–Trinajstić information content (AvgIpc) is 3.17. The van der Waals surface area contributed by atoms with E-state index in [1.165, 1.54) is 250 Å². The Morgan fingerprint density at radius 1 is 0.321 bits per heavy atom. The third kappa shape index (κ3) is 44.9. The standard InChI is InChI=1S/C50H102O4S.H3N/c1-4-7-10-13-16-19-22-25-28-31-34-37-40-43-46-50(49-54-55(51,52)53,47-44-41-38-35-32-29-26-23-20-17-14-11-8-5-2)48-45-42-39-36-33-30-27-24-21-18-15-12-9-6-3;/h4-49H2,1-3H3,(H,51,52,53);1H3. The topological polar surface area (TPSA) is 103 Å². The fraction of sp³-hybridized carbons (Fsp3) is 1.00. The van der Waals surface area contributed by atoms with Gasteiger partial charge in [-0.15, -0.1) is 0 Å². The number of hydrogen-bond acceptors (Lipinski definition) is 4. The molecule has 0 spiro atoms. The molecule has 0 unspecified atom stereocenters. The van der Waals surface area contributed by atoms with E-state index in [2.05, 4.69) is 20.8 Å². The molecule has 5 nitrogen and oxygen atoms in total. The van der Waals surface area contributed by atoms with Crippen molar-refractivity contribution in [3.8, 4) is 0 Å². The average molecular weight is 816 g/mol. The highest BCUT2D eigenvalue weighted by molar-refractivity contribution is 7.80. The quantitative estimate of drug-likeness (QED) is 0.0375. The summed E-state index contributed by atoms with van der Waals surface area (Å²) in [7, 11) is -4.68. The molecule has 0 aromatic carbocycles. The van der Waals surface area contributed by atoms with Crippen molar-refractivity contribution < 1.29 is 17.2 Å². The third-order valence-electron chi connectivity index (χ3n) is 12.7. The van der Waals surface area contributed by atoms with E-state index in [9.17, 15) is 13.0 Å². The first-order chi connectivity index (χ1) is 26.9. The van der Waals surface area contributed by atoms with E-state index in [0.717, 1.165) is 38.5 Å². The van der Waals surface area contributed by atoms with Crippen LogP contribution in [0.25, 0.3) is 0 Å². The van der Waals surface area contributed by atoms with E-state index in [4.69, 9.17) is 4.18 Å². The highest BCUT2D eigenvalue weighted by atomic mass is 32.3. The lowest BCUT2D eigenvalue weighted by Crippen LogP contribution is -2.29. The molecule has 0 rings (SSSR count). The molecule has 6 heteroatoms. The molecule has 0 aromatic rings. The van der Waals surface area contributed by atoms with Gasteiger partial charge in [0.2, 0.25) is 10.4 Å². The van der Waals surface area contributed by atoms with Crippen molar-refractivity contribution in [3.05, 3.63) is 0 Å². The van der Waals surface area contributed by atoms with E-state index in [0.29, 0.717) is 0 Å². The Morgan fingerprint density at radius 3 is 0.643 bits per heavy atom. The van der Waals surface area contributed by atoms with E-state index < -0.39 is 10.4 Å². The summed E-state index contributed by atoms with van der Waals surface area (Å²) in [5, 5.41) is 0. The summed E-state index contributed by atoms with van der Waals surface area (Å²) in [5.41, 5.74) is -0.178. The molecule has 0 aliphatic rings. The summed E-state index contributed by atoms with van der Waals surface area (Å²) < 4.78 is 40.2. The first kappa shape index (κ1) is 57.9. The highest BCUT2D eigenvalue weighted by Crippen LogP contribution is 2.38. The van der Waals surface area contributed by atoms with Gasteiger partial charge in [0.1, 0.15) is 0 Å². The molecule has 0 heterocycles. The molecule has 0 amide bonds. The van der Waals surface area contributed by atoms with Gasteiger partial charge in [-0.2, -0.15) is 0 Å². The van der Waals surface area contributed by atoms with Crippen LogP contribution < -0.4 is 6.15 Å². The summed E-state index contributed by atoms with van der Waals surface area (Å²) in [6.07, 6.45) is 59.3. The molecule has 0 bridgehead atoms. The first-order valence-electron chi connectivity index (χ1n) is 25.5. The Hall–Kier alpha value is -0.170. The second-order valence-corrected chi connectivity index (χ2v) is 19.3. The molecule has 0 radical (unpaired) electrons. The number of quaternary nitrogens is 1. The Kier molecular flexibility index (Phi) is 47.5. The summed E-state index contributed by atoms with van der Waals surface area (Å²) in [4.78, 5) is 0. The monoisotopic (exact) mass is 816 g/mol. The van der Waals surface area contributed by atoms with Crippen molar-refractivity contribution in [1.29, 1.82) is 0 Å². The molecule has 0 fully saturated rings. The SMILES string of the molecule is CCCCCCCCCCCCCCCCC(CCCCCCCCCCCCCCCC)(CCCCCCCCCCCCCCCC)COS(=O)(=O)[O-].[NH4+]. The van der Waals surface area contributed by atoms with Crippen molar-refractivity contribution in [1.82, 2.24) is 6.15 Å². The zero-order chi connectivity index (χ0) is 40.2. The minimum atomic E-state index is -4.68. The molecule has 0 saturated heterocycles. The van der Waals surface area contributed by atoms with Crippen LogP contribution in [0.2, 0.25) is 0 Å². The van der Waals surface area contributed by atoms with Gasteiger partial charge < -0.3 is 10.7 Å². The van der Waals surface area contributed by atoms with Crippen LogP contribution in [0.1, 0.15) is 310 Å². The lowest BCUT2D eigenvalue weighted by atomic mass is 9.74. The molecule has 0 aliphatic carbocycles. The third-order valence-corrected chi connectivity index (χ3v) is 13.1. The van der Waals surface area contributed by atoms with Crippen LogP contribution in [0.5, 0.6) is 0 Å². The predicted octanol–water partition coefficient (Wildman–Crippen LogP) is 18.4. The molecule has 0 aliphatic heterocycles. The van der Waals surface area contributed by atoms with Gasteiger partial charge in [0, 0.05) is 0 Å². The van der Waals surface area contributed by atoms with Crippen molar-refractivity contribution in [2.75, 3.05) is 6.61 Å². The van der Waals surface area contributed by atoms with Gasteiger partial charge in [-0.3, -0.25) is 4.18 Å². The van der Waals surface area contributed by atoms with Crippen LogP contribution in [-0.4, -0.2) is 19.6 Å². The molecular weight excluding hydrogens is 711 g/mol. The van der Waals surface area contributed by atoms with E-state index in [1.807, 2.05) is 0 Å². The van der Waals surface area contributed by atoms with Gasteiger partial charge in [0.05, 0.1) is 6.61 Å². The van der Waals surface area contributed by atoms with E-state index >= 15 is 0 Å². The maximum Gasteiger partial charge on any atom is 0.217 e. The Morgan fingerprint density at radius 2 is 0.482 bits per heavy atom. The van der Waals surface area contributed by atoms with Crippen LogP contribution in [0.4, 0.5) is 0 Å². The summed E-state index contributed by atoms with van der Waals surface area (Å²) >= 11 is 0. The fourth-order valence-electron chi connectivity index (χ4n) is 8.87. The van der Waals surface area contributed by atoms with Gasteiger partial charge in [-0.1, -0.05) is 290 Å². The van der Waals surface area contributed by atoms with Gasteiger partial charge in [-0.05, 0) is 24.7 Å². The summed E-state index contributed by atoms with van der Waals surface area (Å²) in [6.45, 7) is 6.95. The maximum atomic E-state index is 11.7. The van der Waals surface area contributed by atoms with Gasteiger partial charge >= 0.3 is 0 Å². The largest absolute Gasteiger partial charge is 0.726 e. The van der Waals surface area contributed by atoms with Crippen molar-refractivity contribution in [3.63, 3.8) is 0 Å². The summed E-state index contributed by atoms with van der Waals surface area (Å²) in [5.74, 6) is 0. The van der Waals surface area contributed by atoms with Gasteiger partial charge in [0.25, 0.3) is 0 Å². The predicted molar refractivity (Wildman–Crippen MR) is 249 cm³/mol. The first-order valence-corrected chi connectivity index (χ1v) is 26.8. The second kappa shape index (κ2) is 45.9. The van der Waals surface area contributed by atoms with Crippen molar-refractivity contribution >= 4 is 10.4 Å². The van der Waals surface area contributed by atoms with Crippen LogP contribution in [0.15, 0.2) is 0 Å². The normalized spacial score (nSPS) is 12.1. The number of hydrogen-bond donors (Lipinski definition) is 1. The molecule has 0 atom stereocenters. The lowest BCUT2D eigenvalue weighted by molar-refractivity contribution is 0.0942. The van der Waals surface area contributed by atoms with Crippen molar-refractivity contribution in [2.24, 2.45) is 5.41 Å². The van der Waals surface area contributed by atoms with Crippen LogP contribution in [0, 0.1) is 5.41 Å². The second-order valence-electron chi connectivity index (χ2n) is 18.2. The lowest BCUT2D eigenvalue weighted by Gasteiger charge is -2.34. The van der Waals surface area contributed by atoms with Crippen LogP contribution in [0.3, 0.4) is 0 Å². The van der Waals surface area contributed by atoms with Crippen molar-refractivity contribution in [2.45, 2.75) is 310 Å². The maximum absolute atomic E-state index is 11.7. The molecule has 0 saturated carbocycles. The zero-order valence-electron chi connectivity index (χ0n) is 39.1. The molecule has 4 N–H and O–H groups in total. The highest BCUT2D eigenvalue weighted by Gasteiger charge is 2.30. The zero-order valence-corrected chi connectivity index (χ0v) is 39.9. The minimum absolute atomic E-state index is 0. The summed E-state index contributed by atoms with van der Waals surface area (Å²) in [6, 6.07) is 0. The van der Waals surface area contributed by atoms with Crippen LogP contribution in [-0.2, 0) is 14.6 Å². The molecule has 340 valence electrons. The number of unbranched alkanes of at least 4 members (excludes halogenated alkanes) is 39. The Bertz CT molecular complexity index is 756. The molecule has 0 aromatic heterocycles. The minimum Gasteiger partial charge on any atom is -0.726 e. The number of rotatable bonds is 48. The van der Waals surface area contributed by atoms with Crippen LogP contribution >= 0.6 is 0 Å². The van der Waals surface area contributed by atoms with E-state index in [1.54, 1.807) is 0 Å².